The molecule has 0 spiro atoms. The normalized spacial score (nSPS) is 11.9. The summed E-state index contributed by atoms with van der Waals surface area (Å²) in [5.41, 5.74) is 3.08. The number of nitrogens with one attached hydrogen (secondary N) is 1. The third-order valence-corrected chi connectivity index (χ3v) is 4.98. The minimum absolute atomic E-state index is 0.181. The van der Waals surface area contributed by atoms with E-state index in [1.54, 1.807) is 43.5 Å². The van der Waals surface area contributed by atoms with Gasteiger partial charge in [-0.25, -0.2) is 4.79 Å². The van der Waals surface area contributed by atoms with Gasteiger partial charge in [0.05, 0.1) is 0 Å². The molecule has 2 aromatic heterocycles. The lowest BCUT2D eigenvalue weighted by Crippen LogP contribution is -2.23. The fourth-order valence-corrected chi connectivity index (χ4v) is 3.47. The van der Waals surface area contributed by atoms with Crippen molar-refractivity contribution in [3.05, 3.63) is 83.2 Å². The maximum Gasteiger partial charge on any atom is 0.345 e. The number of carbonyl (C=O) groups excluding carboxylic acids is 2. The molecule has 0 aliphatic heterocycles. The van der Waals surface area contributed by atoms with Crippen LogP contribution in [0.15, 0.2) is 65.3 Å². The molecule has 158 valence electrons. The van der Waals surface area contributed by atoms with Crippen LogP contribution < -0.4 is 4.74 Å². The van der Waals surface area contributed by atoms with Crippen LogP contribution in [0.3, 0.4) is 0 Å². The second-order valence-corrected chi connectivity index (χ2v) is 7.10. The third kappa shape index (κ3) is 4.35. The molecule has 0 saturated heterocycles. The highest BCUT2D eigenvalue weighted by Gasteiger charge is 2.28. The van der Waals surface area contributed by atoms with Crippen molar-refractivity contribution < 1.29 is 23.6 Å². The molecule has 0 aliphatic carbocycles. The molecule has 1 N–H and O–H groups in total. The quantitative estimate of drug-likeness (QED) is 0.333. The van der Waals surface area contributed by atoms with Gasteiger partial charge >= 0.3 is 5.97 Å². The number of para-hydroxylation sites is 1. The van der Waals surface area contributed by atoms with Crippen molar-refractivity contribution in [3.63, 3.8) is 0 Å². The van der Waals surface area contributed by atoms with Crippen molar-refractivity contribution >= 4 is 22.7 Å². The Bertz CT molecular complexity index is 1210. The highest BCUT2D eigenvalue weighted by atomic mass is 16.6. The summed E-state index contributed by atoms with van der Waals surface area (Å²) in [6.45, 7) is 3.38. The highest BCUT2D eigenvalue weighted by Crippen LogP contribution is 2.29. The Balaban J connectivity index is 1.59. The van der Waals surface area contributed by atoms with E-state index in [-0.39, 0.29) is 11.7 Å². The van der Waals surface area contributed by atoms with E-state index in [1.165, 1.54) is 0 Å². The Hall–Kier alpha value is -3.87. The zero-order valence-corrected chi connectivity index (χ0v) is 17.3. The summed E-state index contributed by atoms with van der Waals surface area (Å²) in [6.07, 6.45) is 1.41. The molecule has 31 heavy (non-hydrogen) atoms. The first-order chi connectivity index (χ1) is 15.1. The largest absolute Gasteiger partial charge is 0.463 e. The number of ketones is 1. The summed E-state index contributed by atoms with van der Waals surface area (Å²) in [5.74, 6) is -0.250. The molecule has 0 bridgehead atoms. The van der Waals surface area contributed by atoms with Gasteiger partial charge in [0.15, 0.2) is 12.7 Å². The average Bonchev–Trinajstić information content (AvgIpc) is 3.42. The van der Waals surface area contributed by atoms with E-state index in [0.29, 0.717) is 16.9 Å². The lowest BCUT2D eigenvalue weighted by atomic mass is 9.98. The molecule has 0 radical (unpaired) electrons. The van der Waals surface area contributed by atoms with Gasteiger partial charge in [-0.05, 0) is 24.1 Å². The average molecular weight is 418 g/mol. The molecule has 0 saturated carbocycles. The fourth-order valence-electron chi connectivity index (χ4n) is 3.47. The number of hydrogen-bond donors (Lipinski definition) is 1. The molecule has 0 fully saturated rings. The molecule has 4 rings (SSSR count). The second kappa shape index (κ2) is 8.87. The van der Waals surface area contributed by atoms with Gasteiger partial charge in [-0.1, -0.05) is 55.5 Å². The van der Waals surface area contributed by atoms with Crippen molar-refractivity contribution in [2.24, 2.45) is 0 Å². The van der Waals surface area contributed by atoms with Gasteiger partial charge < -0.3 is 19.0 Å². The molecule has 4 aromatic rings. The van der Waals surface area contributed by atoms with E-state index < -0.39 is 18.7 Å². The van der Waals surface area contributed by atoms with Crippen molar-refractivity contribution in [3.8, 4) is 5.88 Å². The maximum absolute atomic E-state index is 13.5. The van der Waals surface area contributed by atoms with Crippen molar-refractivity contribution in [2.45, 2.75) is 26.4 Å². The number of hydrogen-bond acceptors (Lipinski definition) is 6. The standard InChI is InChI=1S/C24H22N2O5/c1-3-16-10-7-11-18-19(13-25-22(16)18)23(28)24(17-8-5-4-6-9-17)30-21(27)14-29-20-12-15(2)31-26-20/h4-13,24-25H,3,14H2,1-2H3/t24-/m1/s1. The molecule has 0 aliphatic rings. The molecule has 1 atom stereocenters. The fraction of sp³-hybridized carbons (Fsp3) is 0.208. The van der Waals surface area contributed by atoms with E-state index >= 15 is 0 Å². The van der Waals surface area contributed by atoms with Gasteiger partial charge in [-0.15, -0.1) is 0 Å². The Morgan fingerprint density at radius 2 is 1.94 bits per heavy atom. The van der Waals surface area contributed by atoms with Crippen LogP contribution in [0.1, 0.15) is 40.3 Å². The second-order valence-electron chi connectivity index (χ2n) is 7.10. The minimum Gasteiger partial charge on any atom is -0.463 e. The molecule has 2 heterocycles. The van der Waals surface area contributed by atoms with Gasteiger partial charge in [0.2, 0.25) is 5.78 Å². The zero-order chi connectivity index (χ0) is 21.8. The van der Waals surface area contributed by atoms with Crippen molar-refractivity contribution in [1.82, 2.24) is 10.1 Å². The Kier molecular flexibility index (Phi) is 5.84. The lowest BCUT2D eigenvalue weighted by Gasteiger charge is -2.17. The van der Waals surface area contributed by atoms with Crippen molar-refractivity contribution in [1.29, 1.82) is 0 Å². The van der Waals surface area contributed by atoms with Gasteiger partial charge in [-0.2, -0.15) is 0 Å². The van der Waals surface area contributed by atoms with E-state index in [0.717, 1.165) is 22.9 Å². The number of fused-ring (bicyclic) bond motifs is 1. The summed E-state index contributed by atoms with van der Waals surface area (Å²) < 4.78 is 15.8. The van der Waals surface area contributed by atoms with Gasteiger partial charge in [0.25, 0.3) is 5.88 Å². The number of ether oxygens (including phenoxy) is 2. The summed E-state index contributed by atoms with van der Waals surface area (Å²) in [4.78, 5) is 29.1. The van der Waals surface area contributed by atoms with Crippen LogP contribution >= 0.6 is 0 Å². The number of aromatic amines is 1. The first kappa shape index (κ1) is 20.4. The molecule has 7 heteroatoms. The summed E-state index contributed by atoms with van der Waals surface area (Å²) in [7, 11) is 0. The van der Waals surface area contributed by atoms with Crippen LogP contribution in [0.2, 0.25) is 0 Å². The van der Waals surface area contributed by atoms with E-state index in [2.05, 4.69) is 17.1 Å². The first-order valence-electron chi connectivity index (χ1n) is 10.0. The van der Waals surface area contributed by atoms with Crippen LogP contribution in [0.4, 0.5) is 0 Å². The molecule has 2 aromatic carbocycles. The number of rotatable bonds is 8. The molecular formula is C24H22N2O5. The van der Waals surface area contributed by atoms with E-state index in [4.69, 9.17) is 14.0 Å². The third-order valence-electron chi connectivity index (χ3n) is 4.98. The summed E-state index contributed by atoms with van der Waals surface area (Å²) in [6, 6.07) is 16.3. The monoisotopic (exact) mass is 418 g/mol. The molecular weight excluding hydrogens is 396 g/mol. The van der Waals surface area contributed by atoms with Crippen LogP contribution in [0.5, 0.6) is 5.88 Å². The van der Waals surface area contributed by atoms with Crippen molar-refractivity contribution in [2.75, 3.05) is 6.61 Å². The van der Waals surface area contributed by atoms with E-state index in [1.807, 2.05) is 24.3 Å². The first-order valence-corrected chi connectivity index (χ1v) is 10.0. The predicted octanol–water partition coefficient (Wildman–Crippen LogP) is 4.57. The number of aromatic nitrogens is 2. The number of aryl methyl sites for hydroxylation is 2. The van der Waals surface area contributed by atoms with Gasteiger partial charge in [0.1, 0.15) is 5.76 Å². The van der Waals surface area contributed by atoms with Gasteiger partial charge in [-0.3, -0.25) is 4.79 Å². The molecule has 7 nitrogen and oxygen atoms in total. The minimum atomic E-state index is -1.10. The van der Waals surface area contributed by atoms with Crippen LogP contribution in [-0.2, 0) is 16.0 Å². The van der Waals surface area contributed by atoms with Crippen LogP contribution in [0, 0.1) is 6.92 Å². The van der Waals surface area contributed by atoms with E-state index in [9.17, 15) is 9.59 Å². The molecule has 0 unspecified atom stereocenters. The summed E-state index contributed by atoms with van der Waals surface area (Å²) >= 11 is 0. The molecule has 0 amide bonds. The Labute approximate surface area is 179 Å². The van der Waals surface area contributed by atoms with Crippen LogP contribution in [0.25, 0.3) is 10.9 Å². The number of carbonyl (C=O) groups is 2. The number of H-pyrrole nitrogens is 1. The predicted molar refractivity (Wildman–Crippen MR) is 114 cm³/mol. The summed E-state index contributed by atoms with van der Waals surface area (Å²) in [5, 5.41) is 4.48. The SMILES string of the molecule is CCc1cccc2c(C(=O)[C@H](OC(=O)COc3cc(C)on3)c3ccccc3)c[nH]c12. The Morgan fingerprint density at radius 3 is 2.65 bits per heavy atom. The lowest BCUT2D eigenvalue weighted by molar-refractivity contribution is -0.149. The van der Waals surface area contributed by atoms with Crippen LogP contribution in [-0.4, -0.2) is 28.5 Å². The smallest absolute Gasteiger partial charge is 0.345 e. The number of nitrogens with zero attached hydrogens (tertiary/aromatic N) is 1. The number of esters is 1. The number of Topliss-reactive ketones (excluding diaryl/α,β-unsaturated/α-hetero) is 1. The zero-order valence-electron chi connectivity index (χ0n) is 17.3. The maximum atomic E-state index is 13.5. The Morgan fingerprint density at radius 1 is 1.13 bits per heavy atom. The topological polar surface area (TPSA) is 94.4 Å². The van der Waals surface area contributed by atoms with Gasteiger partial charge in [0, 0.05) is 34.3 Å². The number of benzene rings is 2. The highest BCUT2D eigenvalue weighted by molar-refractivity contribution is 6.11.